The molecule has 1 amide bonds. The first-order valence-corrected chi connectivity index (χ1v) is 11.7. The smallest absolute Gasteiger partial charge is 0.288 e. The number of amides is 1. The SMILES string of the molecule is COc1cc(F)c(F)cc1C(=O)NCc1ccc(-c2cn(C3CCCC3)c3c(=O)[nH]nc(N)c23)cc1. The number of halogens is 2. The third-order valence-electron chi connectivity index (χ3n) is 6.70. The number of methoxy groups -OCH3 is 1. The Kier molecular flexibility index (Phi) is 6.17. The molecular formula is C26H25F2N5O3. The third-order valence-corrected chi connectivity index (χ3v) is 6.70. The minimum atomic E-state index is -1.13. The molecular weight excluding hydrogens is 468 g/mol. The highest BCUT2D eigenvalue weighted by Crippen LogP contribution is 2.38. The van der Waals surface area contributed by atoms with Gasteiger partial charge in [0.2, 0.25) is 0 Å². The van der Waals surface area contributed by atoms with Crippen molar-refractivity contribution in [3.63, 3.8) is 0 Å². The van der Waals surface area contributed by atoms with Crippen LogP contribution in [-0.4, -0.2) is 27.8 Å². The Labute approximate surface area is 205 Å². The summed E-state index contributed by atoms with van der Waals surface area (Å²) in [5.41, 5.74) is 8.80. The number of carbonyl (C=O) groups excluding carboxylic acids is 1. The van der Waals surface area contributed by atoms with Crippen molar-refractivity contribution >= 4 is 22.6 Å². The predicted octanol–water partition coefficient (Wildman–Crippen LogP) is 4.31. The predicted molar refractivity (Wildman–Crippen MR) is 132 cm³/mol. The Bertz CT molecular complexity index is 1510. The van der Waals surface area contributed by atoms with Gasteiger partial charge in [-0.15, -0.1) is 0 Å². The molecule has 5 rings (SSSR count). The first-order chi connectivity index (χ1) is 17.4. The summed E-state index contributed by atoms with van der Waals surface area (Å²) in [4.78, 5) is 25.2. The molecule has 8 nitrogen and oxygen atoms in total. The van der Waals surface area contributed by atoms with E-state index in [1.807, 2.05) is 35.0 Å². The van der Waals surface area contributed by atoms with Crippen molar-refractivity contribution in [3.8, 4) is 16.9 Å². The van der Waals surface area contributed by atoms with Gasteiger partial charge in [0.25, 0.3) is 11.5 Å². The highest BCUT2D eigenvalue weighted by molar-refractivity contribution is 6.02. The topological polar surface area (TPSA) is 115 Å². The Balaban J connectivity index is 1.40. The summed E-state index contributed by atoms with van der Waals surface area (Å²) in [5.74, 6) is -2.61. The van der Waals surface area contributed by atoms with Crippen molar-refractivity contribution in [1.82, 2.24) is 20.1 Å². The molecule has 1 aliphatic carbocycles. The number of H-pyrrole nitrogens is 1. The third kappa shape index (κ3) is 4.19. The van der Waals surface area contributed by atoms with Crippen molar-refractivity contribution in [3.05, 3.63) is 75.7 Å². The van der Waals surface area contributed by atoms with Crippen molar-refractivity contribution in [2.75, 3.05) is 12.8 Å². The number of hydrogen-bond donors (Lipinski definition) is 3. The Morgan fingerprint density at radius 1 is 1.19 bits per heavy atom. The van der Waals surface area contributed by atoms with E-state index in [1.165, 1.54) is 7.11 Å². The van der Waals surface area contributed by atoms with Crippen LogP contribution in [-0.2, 0) is 6.54 Å². The molecule has 0 radical (unpaired) electrons. The fourth-order valence-corrected chi connectivity index (χ4v) is 4.88. The number of nitrogens with two attached hydrogens (primary N) is 1. The maximum atomic E-state index is 13.6. The van der Waals surface area contributed by atoms with E-state index in [0.717, 1.165) is 54.5 Å². The maximum absolute atomic E-state index is 13.6. The van der Waals surface area contributed by atoms with Crippen LogP contribution in [0.25, 0.3) is 22.0 Å². The van der Waals surface area contributed by atoms with Crippen molar-refractivity contribution < 1.29 is 18.3 Å². The van der Waals surface area contributed by atoms with Crippen LogP contribution < -0.4 is 21.3 Å². The fraction of sp³-hybridized carbons (Fsp3) is 0.269. The minimum Gasteiger partial charge on any atom is -0.496 e. The number of aromatic nitrogens is 3. The van der Waals surface area contributed by atoms with E-state index >= 15 is 0 Å². The van der Waals surface area contributed by atoms with Gasteiger partial charge < -0.3 is 20.4 Å². The minimum absolute atomic E-state index is 0.0541. The molecule has 0 bridgehead atoms. The lowest BCUT2D eigenvalue weighted by Gasteiger charge is -2.12. The Morgan fingerprint density at radius 2 is 1.89 bits per heavy atom. The number of rotatable bonds is 6. The number of anilines is 1. The molecule has 186 valence electrons. The number of benzene rings is 2. The van der Waals surface area contributed by atoms with Crippen molar-refractivity contribution in [2.45, 2.75) is 38.3 Å². The van der Waals surface area contributed by atoms with E-state index in [2.05, 4.69) is 15.5 Å². The molecule has 1 saturated carbocycles. The molecule has 36 heavy (non-hydrogen) atoms. The van der Waals surface area contributed by atoms with Crippen LogP contribution >= 0.6 is 0 Å². The normalized spacial score (nSPS) is 13.9. The summed E-state index contributed by atoms with van der Waals surface area (Å²) in [6, 6.07) is 9.34. The van der Waals surface area contributed by atoms with Crippen LogP contribution in [0.5, 0.6) is 5.75 Å². The van der Waals surface area contributed by atoms with Crippen LogP contribution in [0.1, 0.15) is 47.6 Å². The standard InChI is InChI=1S/C26H25F2N5O3/c1-36-21-11-20(28)19(27)10-17(21)25(34)30-12-14-6-8-15(9-7-14)18-13-33(16-4-2-3-5-16)23-22(18)24(29)31-32-26(23)35/h6-11,13,16H,2-5,12H2,1H3,(H2,29,31)(H,30,34)(H,32,35). The molecule has 2 aromatic heterocycles. The lowest BCUT2D eigenvalue weighted by Crippen LogP contribution is -2.23. The summed E-state index contributed by atoms with van der Waals surface area (Å²) in [5, 5.41) is 9.78. The summed E-state index contributed by atoms with van der Waals surface area (Å²) in [7, 11) is 1.28. The van der Waals surface area contributed by atoms with E-state index in [1.54, 1.807) is 0 Å². The van der Waals surface area contributed by atoms with Gasteiger partial charge >= 0.3 is 0 Å². The van der Waals surface area contributed by atoms with E-state index in [4.69, 9.17) is 10.5 Å². The van der Waals surface area contributed by atoms with E-state index < -0.39 is 17.5 Å². The number of carbonyl (C=O) groups is 1. The highest BCUT2D eigenvalue weighted by Gasteiger charge is 2.24. The van der Waals surface area contributed by atoms with E-state index in [-0.39, 0.29) is 35.3 Å². The molecule has 0 spiro atoms. The van der Waals surface area contributed by atoms with Gasteiger partial charge in [0.1, 0.15) is 11.3 Å². The van der Waals surface area contributed by atoms with Gasteiger partial charge in [-0.1, -0.05) is 37.1 Å². The van der Waals surface area contributed by atoms with Crippen LogP contribution in [0.2, 0.25) is 0 Å². The largest absolute Gasteiger partial charge is 0.496 e. The van der Waals surface area contributed by atoms with Crippen LogP contribution in [0.15, 0.2) is 47.4 Å². The zero-order valence-corrected chi connectivity index (χ0v) is 19.6. The molecule has 2 heterocycles. The zero-order valence-electron chi connectivity index (χ0n) is 19.6. The quantitative estimate of drug-likeness (QED) is 0.370. The summed E-state index contributed by atoms with van der Waals surface area (Å²) < 4.78 is 34.1. The molecule has 0 unspecified atom stereocenters. The van der Waals surface area contributed by atoms with Gasteiger partial charge in [-0.2, -0.15) is 5.10 Å². The number of hydrogen-bond acceptors (Lipinski definition) is 5. The molecule has 0 atom stereocenters. The molecule has 0 saturated heterocycles. The number of ether oxygens (including phenoxy) is 1. The van der Waals surface area contributed by atoms with Crippen LogP contribution in [0.3, 0.4) is 0 Å². The lowest BCUT2D eigenvalue weighted by atomic mass is 10.0. The molecule has 10 heteroatoms. The number of nitrogens with zero attached hydrogens (tertiary/aromatic N) is 2. The first kappa shape index (κ1) is 23.5. The number of nitrogen functional groups attached to an aromatic ring is 1. The second kappa shape index (κ2) is 9.44. The van der Waals surface area contributed by atoms with Gasteiger partial charge in [-0.3, -0.25) is 9.59 Å². The molecule has 4 aromatic rings. The summed E-state index contributed by atoms with van der Waals surface area (Å²) >= 11 is 0. The second-order valence-corrected chi connectivity index (χ2v) is 8.90. The highest BCUT2D eigenvalue weighted by atomic mass is 19.2. The van der Waals surface area contributed by atoms with Crippen LogP contribution in [0.4, 0.5) is 14.6 Å². The van der Waals surface area contributed by atoms with Gasteiger partial charge in [0.15, 0.2) is 17.5 Å². The Hall–Kier alpha value is -4.21. The average Bonchev–Trinajstić information content (AvgIpc) is 3.55. The van der Waals surface area contributed by atoms with Crippen LogP contribution in [0, 0.1) is 11.6 Å². The zero-order chi connectivity index (χ0) is 25.4. The molecule has 1 aliphatic rings. The Morgan fingerprint density at radius 3 is 2.58 bits per heavy atom. The van der Waals surface area contributed by atoms with Gasteiger partial charge in [-0.05, 0) is 30.0 Å². The molecule has 2 aromatic carbocycles. The lowest BCUT2D eigenvalue weighted by molar-refractivity contribution is 0.0947. The maximum Gasteiger partial charge on any atom is 0.288 e. The summed E-state index contributed by atoms with van der Waals surface area (Å²) in [6.45, 7) is 0.161. The second-order valence-electron chi connectivity index (χ2n) is 8.90. The summed E-state index contributed by atoms with van der Waals surface area (Å²) in [6.07, 6.45) is 6.22. The number of aromatic amines is 1. The first-order valence-electron chi connectivity index (χ1n) is 11.7. The average molecular weight is 494 g/mol. The van der Waals surface area contributed by atoms with Gasteiger partial charge in [0, 0.05) is 30.4 Å². The van der Waals surface area contributed by atoms with Gasteiger partial charge in [-0.25, -0.2) is 13.9 Å². The van der Waals surface area contributed by atoms with E-state index in [9.17, 15) is 18.4 Å². The van der Waals surface area contributed by atoms with Gasteiger partial charge in [0.05, 0.1) is 18.1 Å². The number of fused-ring (bicyclic) bond motifs is 1. The van der Waals surface area contributed by atoms with Crippen molar-refractivity contribution in [1.29, 1.82) is 0 Å². The molecule has 4 N–H and O–H groups in total. The molecule has 0 aliphatic heterocycles. The fourth-order valence-electron chi connectivity index (χ4n) is 4.88. The van der Waals surface area contributed by atoms with E-state index in [0.29, 0.717) is 10.9 Å². The number of nitrogens with one attached hydrogen (secondary N) is 2. The van der Waals surface area contributed by atoms with Crippen molar-refractivity contribution in [2.24, 2.45) is 0 Å². The monoisotopic (exact) mass is 493 g/mol. The molecule has 1 fully saturated rings.